The van der Waals surface area contributed by atoms with E-state index in [1.165, 1.54) is 0 Å². The molecule has 5 nitrogen and oxygen atoms in total. The Labute approximate surface area is 148 Å². The van der Waals surface area contributed by atoms with Gasteiger partial charge in [-0.3, -0.25) is 4.79 Å². The highest BCUT2D eigenvalue weighted by atomic mass is 16.6. The van der Waals surface area contributed by atoms with Crippen LogP contribution in [-0.4, -0.2) is 35.2 Å². The van der Waals surface area contributed by atoms with Crippen molar-refractivity contribution in [3.05, 3.63) is 48.0 Å². The Morgan fingerprint density at radius 1 is 1.16 bits per heavy atom. The van der Waals surface area contributed by atoms with Crippen LogP contribution in [0.1, 0.15) is 32.8 Å². The van der Waals surface area contributed by atoms with Gasteiger partial charge in [0.25, 0.3) is 0 Å². The summed E-state index contributed by atoms with van der Waals surface area (Å²) in [5.74, 6) is -0.397. The average Bonchev–Trinajstić information content (AvgIpc) is 2.59. The van der Waals surface area contributed by atoms with E-state index in [9.17, 15) is 9.59 Å². The number of carbonyl (C=O) groups excluding carboxylic acids is 2. The first-order chi connectivity index (χ1) is 11.8. The summed E-state index contributed by atoms with van der Waals surface area (Å²) in [6.07, 6.45) is 4.37. The Morgan fingerprint density at radius 2 is 1.88 bits per heavy atom. The summed E-state index contributed by atoms with van der Waals surface area (Å²) >= 11 is 0. The van der Waals surface area contributed by atoms with Gasteiger partial charge in [0, 0.05) is 6.54 Å². The molecule has 0 spiro atoms. The van der Waals surface area contributed by atoms with Gasteiger partial charge in [-0.25, -0.2) is 4.79 Å². The minimum absolute atomic E-state index is 0.173. The third kappa shape index (κ3) is 4.21. The fourth-order valence-corrected chi connectivity index (χ4v) is 3.39. The second-order valence-corrected chi connectivity index (χ2v) is 7.70. The first-order valence-electron chi connectivity index (χ1n) is 8.72. The molecule has 1 aliphatic carbocycles. The summed E-state index contributed by atoms with van der Waals surface area (Å²) in [5, 5.41) is 0. The van der Waals surface area contributed by atoms with Gasteiger partial charge in [-0.1, -0.05) is 42.5 Å². The number of fused-ring (bicyclic) bond motifs is 2. The first-order valence-corrected chi connectivity index (χ1v) is 8.72. The number of piperidine rings is 1. The molecule has 2 aliphatic heterocycles. The van der Waals surface area contributed by atoms with Gasteiger partial charge in [0.1, 0.15) is 12.2 Å². The van der Waals surface area contributed by atoms with Gasteiger partial charge in [-0.2, -0.15) is 0 Å². The minimum Gasteiger partial charge on any atom is -0.460 e. The average molecular weight is 343 g/mol. The highest BCUT2D eigenvalue weighted by molar-refractivity contribution is 5.77. The summed E-state index contributed by atoms with van der Waals surface area (Å²) in [7, 11) is 0. The number of benzene rings is 1. The van der Waals surface area contributed by atoms with Crippen molar-refractivity contribution in [3.8, 4) is 0 Å². The lowest BCUT2D eigenvalue weighted by Gasteiger charge is -2.45. The number of amides is 1. The van der Waals surface area contributed by atoms with E-state index < -0.39 is 5.60 Å². The second-order valence-electron chi connectivity index (χ2n) is 7.70. The maximum Gasteiger partial charge on any atom is 0.410 e. The summed E-state index contributed by atoms with van der Waals surface area (Å²) in [4.78, 5) is 26.7. The molecule has 1 saturated heterocycles. The molecule has 0 saturated carbocycles. The van der Waals surface area contributed by atoms with Gasteiger partial charge in [0.2, 0.25) is 0 Å². The van der Waals surface area contributed by atoms with Crippen molar-refractivity contribution in [2.24, 2.45) is 11.8 Å². The van der Waals surface area contributed by atoms with E-state index in [4.69, 9.17) is 9.47 Å². The number of hydrogen-bond donors (Lipinski definition) is 0. The van der Waals surface area contributed by atoms with Crippen molar-refractivity contribution in [2.75, 3.05) is 6.54 Å². The molecule has 3 aliphatic rings. The molecule has 1 amide bonds. The highest BCUT2D eigenvalue weighted by Gasteiger charge is 2.45. The van der Waals surface area contributed by atoms with Crippen LogP contribution in [0, 0.1) is 11.8 Å². The third-order valence-electron chi connectivity index (χ3n) is 4.49. The zero-order chi connectivity index (χ0) is 18.0. The predicted molar refractivity (Wildman–Crippen MR) is 93.7 cm³/mol. The molecule has 1 aromatic carbocycles. The SMILES string of the molecule is CC(C)(C)OC(=O)[C@@H]1C[C@@H]2C=C[C@H]1N(C(=O)OCc1ccccc1)C2. The number of rotatable bonds is 3. The van der Waals surface area contributed by atoms with Crippen molar-refractivity contribution in [1.82, 2.24) is 4.90 Å². The largest absolute Gasteiger partial charge is 0.460 e. The summed E-state index contributed by atoms with van der Waals surface area (Å²) in [5.41, 5.74) is 0.410. The van der Waals surface area contributed by atoms with Crippen LogP contribution >= 0.6 is 0 Å². The molecule has 0 aromatic heterocycles. The maximum atomic E-state index is 12.5. The normalized spacial score (nSPS) is 24.9. The lowest BCUT2D eigenvalue weighted by molar-refractivity contribution is -0.164. The monoisotopic (exact) mass is 343 g/mol. The Bertz CT molecular complexity index is 662. The van der Waals surface area contributed by atoms with Crippen molar-refractivity contribution >= 4 is 12.1 Å². The molecule has 0 radical (unpaired) electrons. The van der Waals surface area contributed by atoms with Crippen molar-refractivity contribution in [1.29, 1.82) is 0 Å². The molecule has 134 valence electrons. The van der Waals surface area contributed by atoms with E-state index in [1.807, 2.05) is 57.2 Å². The van der Waals surface area contributed by atoms with Gasteiger partial charge in [0.15, 0.2) is 0 Å². The fourth-order valence-electron chi connectivity index (χ4n) is 3.39. The van der Waals surface area contributed by atoms with Gasteiger partial charge in [-0.15, -0.1) is 0 Å². The Kier molecular flexibility index (Phi) is 4.84. The van der Waals surface area contributed by atoms with Gasteiger partial charge in [-0.05, 0) is 38.7 Å². The molecule has 5 heteroatoms. The van der Waals surface area contributed by atoms with Crippen LogP contribution in [0.2, 0.25) is 0 Å². The quantitative estimate of drug-likeness (QED) is 0.622. The van der Waals surface area contributed by atoms with Gasteiger partial charge < -0.3 is 14.4 Å². The summed E-state index contributed by atoms with van der Waals surface area (Å²) in [6, 6.07) is 9.28. The molecule has 0 unspecified atom stereocenters. The van der Waals surface area contributed by atoms with Crippen LogP contribution < -0.4 is 0 Å². The van der Waals surface area contributed by atoms with E-state index in [0.717, 1.165) is 12.0 Å². The molecule has 4 rings (SSSR count). The maximum absolute atomic E-state index is 12.5. The Morgan fingerprint density at radius 3 is 2.52 bits per heavy atom. The molecular formula is C20H25NO4. The second kappa shape index (κ2) is 6.90. The standard InChI is InChI=1S/C20H25NO4/c1-20(2,3)25-18(22)16-11-15-9-10-17(16)21(12-15)19(23)24-13-14-7-5-4-6-8-14/h4-10,15-17H,11-13H2,1-3H3/t15-,16+,17+/m0/s1. The molecule has 25 heavy (non-hydrogen) atoms. The van der Waals surface area contributed by atoms with Crippen LogP contribution in [0.5, 0.6) is 0 Å². The Hall–Kier alpha value is -2.30. The fraction of sp³-hybridized carbons (Fsp3) is 0.500. The van der Waals surface area contributed by atoms with Crippen LogP contribution in [0.25, 0.3) is 0 Å². The smallest absolute Gasteiger partial charge is 0.410 e. The number of carbonyl (C=O) groups is 2. The van der Waals surface area contributed by atoms with Crippen LogP contribution in [0.15, 0.2) is 42.5 Å². The van der Waals surface area contributed by atoms with Crippen molar-refractivity contribution < 1.29 is 19.1 Å². The minimum atomic E-state index is -0.532. The van der Waals surface area contributed by atoms with E-state index in [2.05, 4.69) is 6.08 Å². The van der Waals surface area contributed by atoms with E-state index in [-0.39, 0.29) is 36.5 Å². The molecule has 1 fully saturated rings. The number of nitrogens with zero attached hydrogens (tertiary/aromatic N) is 1. The summed E-state index contributed by atoms with van der Waals surface area (Å²) in [6.45, 7) is 6.39. The van der Waals surface area contributed by atoms with Gasteiger partial charge >= 0.3 is 12.1 Å². The van der Waals surface area contributed by atoms with E-state index in [1.54, 1.807) is 4.90 Å². The molecule has 3 atom stereocenters. The molecule has 2 bridgehead atoms. The molecule has 1 aromatic rings. The summed E-state index contributed by atoms with van der Waals surface area (Å²) < 4.78 is 11.0. The number of ether oxygens (including phenoxy) is 2. The predicted octanol–water partition coefficient (Wildman–Crippen LogP) is 3.54. The van der Waals surface area contributed by atoms with Crippen molar-refractivity contribution in [3.63, 3.8) is 0 Å². The molecule has 2 heterocycles. The van der Waals surface area contributed by atoms with E-state index >= 15 is 0 Å². The van der Waals surface area contributed by atoms with Crippen LogP contribution in [0.3, 0.4) is 0 Å². The molecule has 0 N–H and O–H groups in total. The zero-order valence-electron chi connectivity index (χ0n) is 15.0. The third-order valence-corrected chi connectivity index (χ3v) is 4.49. The van der Waals surface area contributed by atoms with Crippen LogP contribution in [-0.2, 0) is 20.9 Å². The topological polar surface area (TPSA) is 55.8 Å². The Balaban J connectivity index is 1.65. The molecular weight excluding hydrogens is 318 g/mol. The lowest BCUT2D eigenvalue weighted by Crippen LogP contribution is -2.55. The first kappa shape index (κ1) is 17.5. The van der Waals surface area contributed by atoms with Gasteiger partial charge in [0.05, 0.1) is 12.0 Å². The number of esters is 1. The highest BCUT2D eigenvalue weighted by Crippen LogP contribution is 2.36. The van der Waals surface area contributed by atoms with Crippen LogP contribution in [0.4, 0.5) is 4.79 Å². The lowest BCUT2D eigenvalue weighted by atomic mass is 9.78. The zero-order valence-corrected chi connectivity index (χ0v) is 15.0. The van der Waals surface area contributed by atoms with Crippen molar-refractivity contribution in [2.45, 2.75) is 45.4 Å². The van der Waals surface area contributed by atoms with E-state index in [0.29, 0.717) is 6.54 Å². The number of hydrogen-bond acceptors (Lipinski definition) is 4.